The first-order valence-corrected chi connectivity index (χ1v) is 5.76. The second-order valence-corrected chi connectivity index (χ2v) is 3.86. The van der Waals surface area contributed by atoms with Gasteiger partial charge in [0.25, 0.3) is 6.43 Å². The molecule has 0 heterocycles. The maximum atomic E-state index is 12.6. The van der Waals surface area contributed by atoms with Crippen molar-refractivity contribution < 1.29 is 18.3 Å². The Morgan fingerprint density at radius 1 is 1.39 bits per heavy atom. The van der Waals surface area contributed by atoms with Crippen molar-refractivity contribution >= 4 is 5.97 Å². The van der Waals surface area contributed by atoms with E-state index in [0.29, 0.717) is 12.1 Å². The second kappa shape index (κ2) is 7.06. The van der Waals surface area contributed by atoms with Crippen LogP contribution < -0.4 is 5.32 Å². The van der Waals surface area contributed by atoms with Crippen LogP contribution in [0.3, 0.4) is 0 Å². The van der Waals surface area contributed by atoms with Gasteiger partial charge in [0.2, 0.25) is 0 Å². The normalized spacial score (nSPS) is 12.5. The maximum absolute atomic E-state index is 12.6. The molecule has 1 N–H and O–H groups in total. The van der Waals surface area contributed by atoms with Crippen molar-refractivity contribution in [3.8, 4) is 0 Å². The van der Waals surface area contributed by atoms with Gasteiger partial charge in [0.05, 0.1) is 13.5 Å². The van der Waals surface area contributed by atoms with E-state index in [1.807, 2.05) is 6.92 Å². The molecule has 0 aromatic heterocycles. The number of alkyl halides is 2. The molecule has 0 fully saturated rings. The zero-order valence-electron chi connectivity index (χ0n) is 10.5. The number of carbonyl (C=O) groups is 1. The summed E-state index contributed by atoms with van der Waals surface area (Å²) in [5.41, 5.74) is 0.625. The van der Waals surface area contributed by atoms with Crippen molar-refractivity contribution in [2.75, 3.05) is 13.7 Å². The van der Waals surface area contributed by atoms with E-state index in [0.717, 1.165) is 0 Å². The fourth-order valence-corrected chi connectivity index (χ4v) is 1.72. The van der Waals surface area contributed by atoms with E-state index >= 15 is 0 Å². The van der Waals surface area contributed by atoms with E-state index in [-0.39, 0.29) is 24.0 Å². The number of esters is 1. The molecule has 5 heteroatoms. The summed E-state index contributed by atoms with van der Waals surface area (Å²) in [4.78, 5) is 11.3. The Balaban J connectivity index is 2.90. The molecular weight excluding hydrogens is 240 g/mol. The summed E-state index contributed by atoms with van der Waals surface area (Å²) in [6, 6.07) is 5.78. The highest BCUT2D eigenvalue weighted by Crippen LogP contribution is 2.24. The molecule has 1 aromatic carbocycles. The predicted molar refractivity (Wildman–Crippen MR) is 64.4 cm³/mol. The van der Waals surface area contributed by atoms with Crippen LogP contribution in [0.2, 0.25) is 0 Å². The lowest BCUT2D eigenvalue weighted by atomic mass is 10.0. The summed E-state index contributed by atoms with van der Waals surface area (Å²) in [6.07, 6.45) is -2.39. The number of methoxy groups -OCH3 is 1. The van der Waals surface area contributed by atoms with E-state index < -0.39 is 6.43 Å². The van der Waals surface area contributed by atoms with E-state index in [9.17, 15) is 13.6 Å². The molecule has 1 unspecified atom stereocenters. The van der Waals surface area contributed by atoms with Gasteiger partial charge < -0.3 is 10.1 Å². The molecular formula is C13H17F2NO2. The van der Waals surface area contributed by atoms with Crippen LogP contribution >= 0.6 is 0 Å². The van der Waals surface area contributed by atoms with Crippen LogP contribution in [0.5, 0.6) is 0 Å². The molecule has 100 valence electrons. The first-order chi connectivity index (χ1) is 8.58. The van der Waals surface area contributed by atoms with Gasteiger partial charge >= 0.3 is 5.97 Å². The summed E-state index contributed by atoms with van der Waals surface area (Å²) in [5, 5.41) is 3.08. The number of benzene rings is 1. The average Bonchev–Trinajstić information content (AvgIpc) is 2.38. The van der Waals surface area contributed by atoms with Crippen molar-refractivity contribution in [3.05, 3.63) is 35.4 Å². The molecule has 1 atom stereocenters. The minimum absolute atomic E-state index is 0.0414. The van der Waals surface area contributed by atoms with E-state index in [1.165, 1.54) is 19.2 Å². The third kappa shape index (κ3) is 4.07. The highest BCUT2D eigenvalue weighted by atomic mass is 19.3. The first kappa shape index (κ1) is 14.6. The molecule has 0 aliphatic rings. The molecule has 0 radical (unpaired) electrons. The quantitative estimate of drug-likeness (QED) is 0.796. The highest BCUT2D eigenvalue weighted by Gasteiger charge is 2.17. The van der Waals surface area contributed by atoms with Gasteiger partial charge in [-0.3, -0.25) is 4.79 Å². The lowest BCUT2D eigenvalue weighted by Gasteiger charge is -2.17. The number of carbonyl (C=O) groups excluding carboxylic acids is 1. The fourth-order valence-electron chi connectivity index (χ4n) is 1.72. The topological polar surface area (TPSA) is 38.3 Å². The molecule has 0 bridgehead atoms. The monoisotopic (exact) mass is 257 g/mol. The SMILES string of the molecule is CCNC(CC(=O)OC)c1cccc(C(F)F)c1. The Morgan fingerprint density at radius 3 is 2.61 bits per heavy atom. The predicted octanol–water partition coefficient (Wildman–Crippen LogP) is 2.84. The van der Waals surface area contributed by atoms with E-state index in [4.69, 9.17) is 0 Å². The van der Waals surface area contributed by atoms with Crippen LogP contribution in [0.15, 0.2) is 24.3 Å². The number of hydrogen-bond acceptors (Lipinski definition) is 3. The Bertz CT molecular complexity index is 396. The van der Waals surface area contributed by atoms with Gasteiger partial charge in [-0.1, -0.05) is 25.1 Å². The molecule has 0 amide bonds. The summed E-state index contributed by atoms with van der Waals surface area (Å²) < 4.78 is 29.8. The maximum Gasteiger partial charge on any atom is 0.307 e. The van der Waals surface area contributed by atoms with Crippen molar-refractivity contribution in [1.82, 2.24) is 5.32 Å². The Hall–Kier alpha value is -1.49. The molecule has 0 aliphatic carbocycles. The second-order valence-electron chi connectivity index (χ2n) is 3.86. The van der Waals surface area contributed by atoms with Gasteiger partial charge in [-0.15, -0.1) is 0 Å². The molecule has 18 heavy (non-hydrogen) atoms. The molecule has 3 nitrogen and oxygen atoms in total. The van der Waals surface area contributed by atoms with E-state index in [1.54, 1.807) is 12.1 Å². The molecule has 1 rings (SSSR count). The minimum Gasteiger partial charge on any atom is -0.469 e. The zero-order chi connectivity index (χ0) is 13.5. The third-order valence-electron chi connectivity index (χ3n) is 2.61. The summed E-state index contributed by atoms with van der Waals surface area (Å²) >= 11 is 0. The van der Waals surface area contributed by atoms with Crippen LogP contribution in [0.25, 0.3) is 0 Å². The Morgan fingerprint density at radius 2 is 2.06 bits per heavy atom. The average molecular weight is 257 g/mol. The van der Waals surface area contributed by atoms with Crippen LogP contribution in [0.4, 0.5) is 8.78 Å². The molecule has 0 saturated carbocycles. The molecule has 0 saturated heterocycles. The van der Waals surface area contributed by atoms with Gasteiger partial charge in [0.15, 0.2) is 0 Å². The summed E-state index contributed by atoms with van der Waals surface area (Å²) in [6.45, 7) is 2.53. The van der Waals surface area contributed by atoms with Crippen LogP contribution in [0, 0.1) is 0 Å². The standard InChI is InChI=1S/C13H17F2NO2/c1-3-16-11(8-12(17)18-2)9-5-4-6-10(7-9)13(14)15/h4-7,11,13,16H,3,8H2,1-2H3. The first-order valence-electron chi connectivity index (χ1n) is 5.76. The van der Waals surface area contributed by atoms with Gasteiger partial charge in [-0.25, -0.2) is 8.78 Å². The minimum atomic E-state index is -2.51. The number of ether oxygens (including phenoxy) is 1. The van der Waals surface area contributed by atoms with Crippen LogP contribution in [-0.2, 0) is 9.53 Å². The van der Waals surface area contributed by atoms with Crippen molar-refractivity contribution in [3.63, 3.8) is 0 Å². The van der Waals surface area contributed by atoms with Crippen molar-refractivity contribution in [2.45, 2.75) is 25.8 Å². The number of nitrogens with one attached hydrogen (secondary N) is 1. The lowest BCUT2D eigenvalue weighted by molar-refractivity contribution is -0.141. The fraction of sp³-hybridized carbons (Fsp3) is 0.462. The molecule has 0 aliphatic heterocycles. The molecule has 1 aromatic rings. The van der Waals surface area contributed by atoms with Gasteiger partial charge in [0, 0.05) is 11.6 Å². The third-order valence-corrected chi connectivity index (χ3v) is 2.61. The lowest BCUT2D eigenvalue weighted by Crippen LogP contribution is -2.24. The largest absolute Gasteiger partial charge is 0.469 e. The number of rotatable bonds is 6. The van der Waals surface area contributed by atoms with Gasteiger partial charge in [-0.2, -0.15) is 0 Å². The Labute approximate surface area is 105 Å². The highest BCUT2D eigenvalue weighted by molar-refractivity contribution is 5.70. The van der Waals surface area contributed by atoms with E-state index in [2.05, 4.69) is 10.1 Å². The van der Waals surface area contributed by atoms with Crippen molar-refractivity contribution in [2.24, 2.45) is 0 Å². The van der Waals surface area contributed by atoms with Crippen molar-refractivity contribution in [1.29, 1.82) is 0 Å². The summed E-state index contributed by atoms with van der Waals surface area (Å²) in [7, 11) is 1.31. The number of halogens is 2. The zero-order valence-corrected chi connectivity index (χ0v) is 10.5. The van der Waals surface area contributed by atoms with Gasteiger partial charge in [-0.05, 0) is 18.2 Å². The molecule has 0 spiro atoms. The number of hydrogen-bond donors (Lipinski definition) is 1. The van der Waals surface area contributed by atoms with Gasteiger partial charge in [0.1, 0.15) is 0 Å². The summed E-state index contributed by atoms with van der Waals surface area (Å²) in [5.74, 6) is -0.372. The van der Waals surface area contributed by atoms with Crippen LogP contribution in [-0.4, -0.2) is 19.6 Å². The smallest absolute Gasteiger partial charge is 0.307 e. The van der Waals surface area contributed by atoms with Crippen LogP contribution in [0.1, 0.15) is 36.9 Å². The Kier molecular flexibility index (Phi) is 5.71.